The quantitative estimate of drug-likeness (QED) is 0.757. The van der Waals surface area contributed by atoms with Crippen molar-refractivity contribution in [3.63, 3.8) is 0 Å². The lowest BCUT2D eigenvalue weighted by molar-refractivity contribution is -0.118. The third-order valence-electron chi connectivity index (χ3n) is 4.07. The molecule has 0 spiro atoms. The minimum atomic E-state index is -0.0891. The van der Waals surface area contributed by atoms with Crippen LogP contribution in [0.3, 0.4) is 0 Å². The van der Waals surface area contributed by atoms with Gasteiger partial charge in [-0.2, -0.15) is 0 Å². The Bertz CT molecular complexity index is 802. The van der Waals surface area contributed by atoms with Gasteiger partial charge < -0.3 is 10.2 Å². The van der Waals surface area contributed by atoms with Crippen molar-refractivity contribution in [2.75, 3.05) is 18.0 Å². The maximum absolute atomic E-state index is 12.5. The van der Waals surface area contributed by atoms with Gasteiger partial charge in [0.25, 0.3) is 5.91 Å². The molecule has 140 valence electrons. The number of carbonyl (C=O) groups is 2. The molecule has 2 aromatic rings. The van der Waals surface area contributed by atoms with Crippen molar-refractivity contribution in [1.82, 2.24) is 5.32 Å². The van der Waals surface area contributed by atoms with E-state index < -0.39 is 0 Å². The summed E-state index contributed by atoms with van der Waals surface area (Å²) in [5, 5.41) is 2.77. The summed E-state index contributed by atoms with van der Waals surface area (Å²) in [6, 6.07) is 16.8. The Morgan fingerprint density at radius 3 is 2.33 bits per heavy atom. The second-order valence-electron chi connectivity index (χ2n) is 6.16. The van der Waals surface area contributed by atoms with E-state index in [9.17, 15) is 9.59 Å². The number of nitrogens with one attached hydrogen (secondary N) is 1. The maximum atomic E-state index is 12.5. The third kappa shape index (κ3) is 6.31. The molecule has 0 unspecified atom stereocenters. The number of unbranched alkanes of at least 4 members (excludes halogenated alkanes) is 1. The summed E-state index contributed by atoms with van der Waals surface area (Å²) in [4.78, 5) is 26.1. The van der Waals surface area contributed by atoms with Crippen LogP contribution in [0.4, 0.5) is 5.69 Å². The van der Waals surface area contributed by atoms with Gasteiger partial charge in [0.05, 0.1) is 6.54 Å². The molecule has 0 aromatic heterocycles. The molecule has 0 atom stereocenters. The van der Waals surface area contributed by atoms with Crippen molar-refractivity contribution in [2.24, 2.45) is 0 Å². The van der Waals surface area contributed by atoms with E-state index in [1.807, 2.05) is 49.4 Å². The summed E-state index contributed by atoms with van der Waals surface area (Å²) in [6.07, 6.45) is 2.38. The van der Waals surface area contributed by atoms with Gasteiger partial charge in [-0.1, -0.05) is 43.4 Å². The maximum Gasteiger partial charge on any atom is 0.251 e. The molecule has 0 fully saturated rings. The Labute approximate surface area is 161 Å². The molecule has 2 aromatic carbocycles. The van der Waals surface area contributed by atoms with Crippen molar-refractivity contribution in [2.45, 2.75) is 33.1 Å². The molecule has 2 rings (SSSR count). The van der Waals surface area contributed by atoms with E-state index in [-0.39, 0.29) is 11.8 Å². The van der Waals surface area contributed by atoms with Gasteiger partial charge in [0, 0.05) is 29.8 Å². The van der Waals surface area contributed by atoms with Gasteiger partial charge in [-0.05, 0) is 49.7 Å². The molecule has 0 heterocycles. The Morgan fingerprint density at radius 2 is 1.70 bits per heavy atom. The highest BCUT2D eigenvalue weighted by Gasteiger charge is 2.13. The third-order valence-corrected chi connectivity index (χ3v) is 4.07. The molecule has 0 aliphatic rings. The summed E-state index contributed by atoms with van der Waals surface area (Å²) in [5.74, 6) is 6.16. The van der Waals surface area contributed by atoms with Gasteiger partial charge in [0.15, 0.2) is 0 Å². The van der Waals surface area contributed by atoms with Crippen LogP contribution in [-0.2, 0) is 4.79 Å². The lowest BCUT2D eigenvalue weighted by Crippen LogP contribution is -2.31. The van der Waals surface area contributed by atoms with Crippen LogP contribution in [-0.4, -0.2) is 24.9 Å². The van der Waals surface area contributed by atoms with Crippen LogP contribution >= 0.6 is 0 Å². The Hall–Kier alpha value is -3.06. The average molecular weight is 362 g/mol. The zero-order valence-corrected chi connectivity index (χ0v) is 16.0. The van der Waals surface area contributed by atoms with Crippen molar-refractivity contribution in [3.05, 3.63) is 65.7 Å². The van der Waals surface area contributed by atoms with Gasteiger partial charge in [-0.15, -0.1) is 0 Å². The van der Waals surface area contributed by atoms with E-state index in [1.54, 1.807) is 17.0 Å². The van der Waals surface area contributed by atoms with Gasteiger partial charge in [-0.25, -0.2) is 0 Å². The molecule has 4 nitrogen and oxygen atoms in total. The summed E-state index contributed by atoms with van der Waals surface area (Å²) in [6.45, 7) is 4.90. The van der Waals surface area contributed by atoms with Gasteiger partial charge in [-0.3, -0.25) is 9.59 Å². The number of carbonyl (C=O) groups excluding carboxylic acids is 2. The Morgan fingerprint density at radius 1 is 1.00 bits per heavy atom. The number of benzene rings is 2. The Kier molecular flexibility index (Phi) is 8.12. The molecule has 0 radical (unpaired) electrons. The predicted molar refractivity (Wildman–Crippen MR) is 110 cm³/mol. The molecule has 0 aliphatic heterocycles. The van der Waals surface area contributed by atoms with E-state index in [4.69, 9.17) is 0 Å². The van der Waals surface area contributed by atoms with Crippen LogP contribution < -0.4 is 10.2 Å². The largest absolute Gasteiger partial charge is 0.352 e. The molecule has 0 bridgehead atoms. The first-order valence-corrected chi connectivity index (χ1v) is 9.38. The lowest BCUT2D eigenvalue weighted by Gasteiger charge is -2.20. The second-order valence-corrected chi connectivity index (χ2v) is 6.16. The second kappa shape index (κ2) is 10.8. The summed E-state index contributed by atoms with van der Waals surface area (Å²) in [7, 11) is 0. The van der Waals surface area contributed by atoms with E-state index in [0.29, 0.717) is 25.1 Å². The number of hydrogen-bond acceptors (Lipinski definition) is 2. The van der Waals surface area contributed by atoms with Crippen molar-refractivity contribution in [1.29, 1.82) is 0 Å². The fourth-order valence-corrected chi connectivity index (χ4v) is 2.58. The van der Waals surface area contributed by atoms with E-state index >= 15 is 0 Å². The van der Waals surface area contributed by atoms with E-state index in [1.165, 1.54) is 0 Å². The van der Waals surface area contributed by atoms with Crippen LogP contribution in [0.25, 0.3) is 0 Å². The molecule has 0 aliphatic carbocycles. The molecule has 27 heavy (non-hydrogen) atoms. The number of amides is 2. The molecular formula is C23H26N2O2. The molecule has 1 N–H and O–H groups in total. The van der Waals surface area contributed by atoms with E-state index in [0.717, 1.165) is 24.1 Å². The highest BCUT2D eigenvalue weighted by molar-refractivity contribution is 5.94. The number of anilines is 1. The molecule has 0 saturated carbocycles. The fourth-order valence-electron chi connectivity index (χ4n) is 2.58. The molecule has 0 saturated heterocycles. The topological polar surface area (TPSA) is 49.4 Å². The highest BCUT2D eigenvalue weighted by atomic mass is 16.2. The lowest BCUT2D eigenvalue weighted by atomic mass is 10.1. The SMILES string of the molecule is CCCCC(=O)N(CC#Cc1ccc(C(=O)NCC)cc1)c1ccccc1. The van der Waals surface area contributed by atoms with Crippen LogP contribution in [0.15, 0.2) is 54.6 Å². The van der Waals surface area contributed by atoms with Crippen molar-refractivity contribution >= 4 is 17.5 Å². The zero-order valence-electron chi connectivity index (χ0n) is 16.0. The van der Waals surface area contributed by atoms with Crippen molar-refractivity contribution in [3.8, 4) is 11.8 Å². The average Bonchev–Trinajstić information content (AvgIpc) is 2.70. The summed E-state index contributed by atoms with van der Waals surface area (Å²) in [5.41, 5.74) is 2.29. The van der Waals surface area contributed by atoms with Crippen LogP contribution in [0.1, 0.15) is 49.0 Å². The van der Waals surface area contributed by atoms with Gasteiger partial charge in [0.1, 0.15) is 0 Å². The summed E-state index contributed by atoms with van der Waals surface area (Å²) >= 11 is 0. The first-order valence-electron chi connectivity index (χ1n) is 9.38. The van der Waals surface area contributed by atoms with Gasteiger partial charge in [0.2, 0.25) is 5.91 Å². The molecular weight excluding hydrogens is 336 g/mol. The minimum absolute atomic E-state index is 0.0870. The molecule has 4 heteroatoms. The normalized spacial score (nSPS) is 9.85. The standard InChI is InChI=1S/C23H26N2O2/c1-3-5-13-22(26)25(21-11-7-6-8-12-21)18-9-10-19-14-16-20(17-15-19)23(27)24-4-2/h6-8,11-12,14-17H,3-5,13,18H2,1-2H3,(H,24,27). The first kappa shape index (κ1) is 20.3. The van der Waals surface area contributed by atoms with Crippen LogP contribution in [0.5, 0.6) is 0 Å². The number of rotatable bonds is 7. The minimum Gasteiger partial charge on any atom is -0.352 e. The monoisotopic (exact) mass is 362 g/mol. The summed E-state index contributed by atoms with van der Waals surface area (Å²) < 4.78 is 0. The van der Waals surface area contributed by atoms with Gasteiger partial charge >= 0.3 is 0 Å². The number of para-hydroxylation sites is 1. The smallest absolute Gasteiger partial charge is 0.251 e. The Balaban J connectivity index is 2.09. The van der Waals surface area contributed by atoms with Crippen molar-refractivity contribution < 1.29 is 9.59 Å². The van der Waals surface area contributed by atoms with Crippen LogP contribution in [0.2, 0.25) is 0 Å². The highest BCUT2D eigenvalue weighted by Crippen LogP contribution is 2.15. The van der Waals surface area contributed by atoms with E-state index in [2.05, 4.69) is 24.1 Å². The zero-order chi connectivity index (χ0) is 19.5. The molecule has 2 amide bonds. The predicted octanol–water partition coefficient (Wildman–Crippen LogP) is 4.01. The van der Waals surface area contributed by atoms with Crippen LogP contribution in [0, 0.1) is 11.8 Å². The first-order chi connectivity index (χ1) is 13.2. The number of nitrogens with zero attached hydrogens (tertiary/aromatic N) is 1. The fraction of sp³-hybridized carbons (Fsp3) is 0.304. The number of hydrogen-bond donors (Lipinski definition) is 1.